The van der Waals surface area contributed by atoms with Crippen molar-refractivity contribution in [3.63, 3.8) is 0 Å². The van der Waals surface area contributed by atoms with Gasteiger partial charge < -0.3 is 10.1 Å². The highest BCUT2D eigenvalue weighted by atomic mass is 35.5. The fourth-order valence-electron chi connectivity index (χ4n) is 1.76. The lowest BCUT2D eigenvalue weighted by molar-refractivity contribution is -0.124. The fraction of sp³-hybridized carbons (Fsp3) is 0.533. The summed E-state index contributed by atoms with van der Waals surface area (Å²) in [4.78, 5) is 11.8. The lowest BCUT2D eigenvalue weighted by Gasteiger charge is -2.24. The largest absolute Gasteiger partial charge is 0.483 e. The standard InChI is InChI=1S/C15H22ClNO2/c1-6-15(4,5)17-13(18)9-19-14-10(2)7-12(16)8-11(14)3/h7-8H,6,9H2,1-5H3,(H,17,18). The molecule has 1 N–H and O–H groups in total. The normalized spacial score (nSPS) is 11.3. The zero-order valence-corrected chi connectivity index (χ0v) is 13.0. The van der Waals surface area contributed by atoms with Crippen molar-refractivity contribution in [2.75, 3.05) is 6.61 Å². The third-order valence-corrected chi connectivity index (χ3v) is 3.35. The number of nitrogens with one attached hydrogen (secondary N) is 1. The van der Waals surface area contributed by atoms with Gasteiger partial charge in [-0.1, -0.05) is 18.5 Å². The number of halogens is 1. The van der Waals surface area contributed by atoms with Gasteiger partial charge >= 0.3 is 0 Å². The predicted octanol–water partition coefficient (Wildman–Crippen LogP) is 3.64. The molecule has 1 aromatic carbocycles. The maximum Gasteiger partial charge on any atom is 0.258 e. The first kappa shape index (κ1) is 15.8. The van der Waals surface area contributed by atoms with Crippen molar-refractivity contribution in [2.45, 2.75) is 46.6 Å². The summed E-state index contributed by atoms with van der Waals surface area (Å²) in [6, 6.07) is 3.66. The average molecular weight is 284 g/mol. The van der Waals surface area contributed by atoms with Crippen LogP contribution in [0, 0.1) is 13.8 Å². The Labute approximate surface area is 120 Å². The highest BCUT2D eigenvalue weighted by Gasteiger charge is 2.18. The van der Waals surface area contributed by atoms with Crippen LogP contribution in [-0.2, 0) is 4.79 Å². The van der Waals surface area contributed by atoms with Crippen LogP contribution in [0.4, 0.5) is 0 Å². The zero-order chi connectivity index (χ0) is 14.6. The Kier molecular flexibility index (Phi) is 5.24. The van der Waals surface area contributed by atoms with E-state index in [-0.39, 0.29) is 18.1 Å². The molecule has 0 radical (unpaired) electrons. The Bertz CT molecular complexity index is 446. The molecule has 0 atom stereocenters. The van der Waals surface area contributed by atoms with Crippen LogP contribution in [0.25, 0.3) is 0 Å². The summed E-state index contributed by atoms with van der Waals surface area (Å²) in [6.45, 7) is 9.87. The molecular formula is C15H22ClNO2. The maximum absolute atomic E-state index is 11.8. The Morgan fingerprint density at radius 1 is 1.32 bits per heavy atom. The van der Waals surface area contributed by atoms with E-state index in [0.717, 1.165) is 23.3 Å². The van der Waals surface area contributed by atoms with Crippen LogP contribution in [0.15, 0.2) is 12.1 Å². The highest BCUT2D eigenvalue weighted by molar-refractivity contribution is 6.30. The van der Waals surface area contributed by atoms with Gasteiger partial charge in [-0.15, -0.1) is 0 Å². The Morgan fingerprint density at radius 3 is 2.32 bits per heavy atom. The number of hydrogen-bond acceptors (Lipinski definition) is 2. The number of rotatable bonds is 5. The van der Waals surface area contributed by atoms with Crippen LogP contribution in [0.1, 0.15) is 38.3 Å². The molecule has 0 unspecified atom stereocenters. The summed E-state index contributed by atoms with van der Waals surface area (Å²) in [5.41, 5.74) is 1.67. The van der Waals surface area contributed by atoms with Crippen LogP contribution in [0.5, 0.6) is 5.75 Å². The maximum atomic E-state index is 11.8. The van der Waals surface area contributed by atoms with Crippen LogP contribution in [-0.4, -0.2) is 18.1 Å². The summed E-state index contributed by atoms with van der Waals surface area (Å²) in [6.07, 6.45) is 0.873. The fourth-order valence-corrected chi connectivity index (χ4v) is 2.09. The number of amides is 1. The number of hydrogen-bond donors (Lipinski definition) is 1. The summed E-state index contributed by atoms with van der Waals surface area (Å²) < 4.78 is 5.60. The van der Waals surface area contributed by atoms with E-state index in [9.17, 15) is 4.79 Å². The molecule has 1 rings (SSSR count). The summed E-state index contributed by atoms with van der Waals surface area (Å²) >= 11 is 5.96. The predicted molar refractivity (Wildman–Crippen MR) is 78.9 cm³/mol. The molecule has 3 nitrogen and oxygen atoms in total. The van der Waals surface area contributed by atoms with Crippen molar-refractivity contribution in [1.29, 1.82) is 0 Å². The van der Waals surface area contributed by atoms with Crippen molar-refractivity contribution in [3.8, 4) is 5.75 Å². The second-order valence-electron chi connectivity index (χ2n) is 5.44. The van der Waals surface area contributed by atoms with Crippen LogP contribution < -0.4 is 10.1 Å². The van der Waals surface area contributed by atoms with Gasteiger partial charge in [0.15, 0.2) is 6.61 Å². The molecule has 0 saturated heterocycles. The van der Waals surface area contributed by atoms with E-state index in [0.29, 0.717) is 5.02 Å². The molecule has 19 heavy (non-hydrogen) atoms. The van der Waals surface area contributed by atoms with Crippen LogP contribution in [0.2, 0.25) is 5.02 Å². The van der Waals surface area contributed by atoms with Gasteiger partial charge in [0.25, 0.3) is 5.91 Å². The summed E-state index contributed by atoms with van der Waals surface area (Å²) in [7, 11) is 0. The molecule has 0 aliphatic carbocycles. The first-order chi connectivity index (χ1) is 8.75. The van der Waals surface area contributed by atoms with E-state index in [1.54, 1.807) is 0 Å². The molecule has 0 bridgehead atoms. The molecule has 1 aromatic rings. The molecule has 0 fully saturated rings. The number of ether oxygens (including phenoxy) is 1. The number of carbonyl (C=O) groups excluding carboxylic acids is 1. The minimum absolute atomic E-state index is 0.0206. The van der Waals surface area contributed by atoms with Gasteiger partial charge in [0, 0.05) is 10.6 Å². The van der Waals surface area contributed by atoms with Gasteiger partial charge in [0.1, 0.15) is 5.75 Å². The lowest BCUT2D eigenvalue weighted by atomic mass is 10.0. The molecule has 0 saturated carbocycles. The molecule has 0 heterocycles. The van der Waals surface area contributed by atoms with Crippen LogP contribution >= 0.6 is 11.6 Å². The quantitative estimate of drug-likeness (QED) is 0.896. The van der Waals surface area contributed by atoms with Crippen molar-refractivity contribution < 1.29 is 9.53 Å². The number of carbonyl (C=O) groups is 1. The molecular weight excluding hydrogens is 262 g/mol. The Morgan fingerprint density at radius 2 is 1.84 bits per heavy atom. The minimum atomic E-state index is -0.204. The van der Waals surface area contributed by atoms with Gasteiger partial charge in [0.2, 0.25) is 0 Å². The van der Waals surface area contributed by atoms with E-state index in [2.05, 4.69) is 5.32 Å². The van der Waals surface area contributed by atoms with Crippen molar-refractivity contribution >= 4 is 17.5 Å². The average Bonchev–Trinajstić information content (AvgIpc) is 2.26. The second kappa shape index (κ2) is 6.29. The monoisotopic (exact) mass is 283 g/mol. The molecule has 1 amide bonds. The number of aryl methyl sites for hydroxylation is 2. The topological polar surface area (TPSA) is 38.3 Å². The highest BCUT2D eigenvalue weighted by Crippen LogP contribution is 2.26. The van der Waals surface area contributed by atoms with E-state index in [1.807, 2.05) is 46.8 Å². The third kappa shape index (κ3) is 4.75. The molecule has 106 valence electrons. The Balaban J connectivity index is 2.65. The third-order valence-electron chi connectivity index (χ3n) is 3.13. The van der Waals surface area contributed by atoms with E-state index in [1.165, 1.54) is 0 Å². The second-order valence-corrected chi connectivity index (χ2v) is 5.88. The first-order valence-corrected chi connectivity index (χ1v) is 6.83. The van der Waals surface area contributed by atoms with E-state index < -0.39 is 0 Å². The molecule has 0 aliphatic heterocycles. The van der Waals surface area contributed by atoms with Crippen molar-refractivity contribution in [3.05, 3.63) is 28.3 Å². The molecule has 0 aromatic heterocycles. The lowest BCUT2D eigenvalue weighted by Crippen LogP contribution is -2.44. The first-order valence-electron chi connectivity index (χ1n) is 6.45. The van der Waals surface area contributed by atoms with Crippen LogP contribution in [0.3, 0.4) is 0 Å². The van der Waals surface area contributed by atoms with E-state index in [4.69, 9.17) is 16.3 Å². The van der Waals surface area contributed by atoms with Gasteiger partial charge in [-0.3, -0.25) is 4.79 Å². The van der Waals surface area contributed by atoms with Gasteiger partial charge in [0.05, 0.1) is 0 Å². The summed E-state index contributed by atoms with van der Waals surface area (Å²) in [5.74, 6) is 0.620. The zero-order valence-electron chi connectivity index (χ0n) is 12.3. The summed E-state index contributed by atoms with van der Waals surface area (Å²) in [5, 5.41) is 3.62. The molecule has 4 heteroatoms. The molecule has 0 aliphatic rings. The van der Waals surface area contributed by atoms with Crippen molar-refractivity contribution in [2.24, 2.45) is 0 Å². The molecule has 0 spiro atoms. The van der Waals surface area contributed by atoms with E-state index >= 15 is 0 Å². The van der Waals surface area contributed by atoms with Gasteiger partial charge in [-0.25, -0.2) is 0 Å². The SMILES string of the molecule is CCC(C)(C)NC(=O)COc1c(C)cc(Cl)cc1C. The van der Waals surface area contributed by atoms with Gasteiger partial charge in [-0.05, 0) is 57.4 Å². The number of benzene rings is 1. The Hall–Kier alpha value is -1.22. The minimum Gasteiger partial charge on any atom is -0.483 e. The van der Waals surface area contributed by atoms with Gasteiger partial charge in [-0.2, -0.15) is 0 Å². The smallest absolute Gasteiger partial charge is 0.258 e. The van der Waals surface area contributed by atoms with Crippen molar-refractivity contribution in [1.82, 2.24) is 5.32 Å².